The Balaban J connectivity index is 1.73. The largest absolute Gasteiger partial charge is 0.497 e. The van der Waals surface area contributed by atoms with Gasteiger partial charge in [0.25, 0.3) is 0 Å². The lowest BCUT2D eigenvalue weighted by Gasteiger charge is -2.33. The van der Waals surface area contributed by atoms with Crippen LogP contribution < -0.4 is 10.1 Å². The molecule has 2 aromatic carbocycles. The molecule has 0 saturated carbocycles. The molecule has 0 radical (unpaired) electrons. The molecule has 11 heteroatoms. The van der Waals surface area contributed by atoms with E-state index in [4.69, 9.17) is 9.47 Å². The van der Waals surface area contributed by atoms with E-state index < -0.39 is 51.2 Å². The number of carbonyl (C=O) groups is 3. The van der Waals surface area contributed by atoms with Gasteiger partial charge in [0, 0.05) is 32.6 Å². The Morgan fingerprint density at radius 2 is 1.70 bits per heavy atom. The molecule has 198 valence electrons. The van der Waals surface area contributed by atoms with Crippen molar-refractivity contribution in [2.45, 2.75) is 29.8 Å². The number of carbonyl (C=O) groups excluding carboxylic acids is 3. The van der Waals surface area contributed by atoms with Crippen LogP contribution in [0.5, 0.6) is 5.75 Å². The number of ether oxygens (including phenoxy) is 2. The highest BCUT2D eigenvalue weighted by Gasteiger charge is 2.68. The van der Waals surface area contributed by atoms with E-state index in [2.05, 4.69) is 5.32 Å². The number of hydrogen-bond donors (Lipinski definition) is 1. The minimum atomic E-state index is -3.95. The van der Waals surface area contributed by atoms with E-state index in [0.29, 0.717) is 5.75 Å². The van der Waals surface area contributed by atoms with Crippen molar-refractivity contribution in [3.05, 3.63) is 60.2 Å². The van der Waals surface area contributed by atoms with Crippen molar-refractivity contribution in [2.75, 3.05) is 34.4 Å². The van der Waals surface area contributed by atoms with Crippen LogP contribution in [-0.4, -0.2) is 81.3 Å². The van der Waals surface area contributed by atoms with Crippen molar-refractivity contribution >= 4 is 27.8 Å². The predicted molar refractivity (Wildman–Crippen MR) is 134 cm³/mol. The summed E-state index contributed by atoms with van der Waals surface area (Å²) in [5, 5.41) is 3.22. The summed E-state index contributed by atoms with van der Waals surface area (Å²) in [6, 6.07) is 14.3. The normalized spacial score (nSPS) is 25.4. The summed E-state index contributed by atoms with van der Waals surface area (Å²) in [6.07, 6.45) is 0.0996. The second kappa shape index (κ2) is 10.2. The summed E-state index contributed by atoms with van der Waals surface area (Å²) in [7, 11) is 0.161. The van der Waals surface area contributed by atoms with Crippen LogP contribution in [0.2, 0.25) is 0 Å². The molecule has 1 N–H and O–H groups in total. The van der Waals surface area contributed by atoms with Crippen LogP contribution >= 0.6 is 0 Å². The first-order chi connectivity index (χ1) is 17.6. The number of benzene rings is 2. The van der Waals surface area contributed by atoms with Crippen molar-refractivity contribution < 1.29 is 32.3 Å². The van der Waals surface area contributed by atoms with Crippen molar-refractivity contribution in [3.63, 3.8) is 0 Å². The second-order valence-electron chi connectivity index (χ2n) is 9.25. The quantitative estimate of drug-likeness (QED) is 0.378. The number of likely N-dealkylation sites (tertiary alicyclic amines) is 1. The average Bonchev–Trinajstić information content (AvgIpc) is 3.35. The van der Waals surface area contributed by atoms with Gasteiger partial charge in [0.1, 0.15) is 11.3 Å². The average molecular weight is 530 g/mol. The standard InChI is InChI=1S/C26H31N3O7S/c1-5-29(37(33,34)19-13-11-18(35-3)12-14-19)16-20-21-22(24(31)28(2)23(21)30)26(27-20,25(32)36-4)15-17-9-7-6-8-10-17/h6-14,20-22,27H,5,15-16H2,1-4H3/t20-,21+,22-,26-/m1/s1. The lowest BCUT2D eigenvalue weighted by Crippen LogP contribution is -2.59. The summed E-state index contributed by atoms with van der Waals surface area (Å²) in [6.45, 7) is 1.69. The van der Waals surface area contributed by atoms with E-state index in [-0.39, 0.29) is 24.4 Å². The number of nitrogens with one attached hydrogen (secondary N) is 1. The van der Waals surface area contributed by atoms with Gasteiger partial charge in [-0.2, -0.15) is 4.31 Å². The van der Waals surface area contributed by atoms with E-state index >= 15 is 0 Å². The SMILES string of the molecule is CCN(C[C@H]1N[C@@](Cc2ccccc2)(C(=O)OC)[C@H]2C(=O)N(C)C(=O)[C@@H]12)S(=O)(=O)c1ccc(OC)cc1. The van der Waals surface area contributed by atoms with Crippen molar-refractivity contribution in [2.24, 2.45) is 11.8 Å². The smallest absolute Gasteiger partial charge is 0.327 e. The molecule has 10 nitrogen and oxygen atoms in total. The third-order valence-corrected chi connectivity index (χ3v) is 9.26. The molecule has 4 atom stereocenters. The van der Waals surface area contributed by atoms with Crippen LogP contribution in [0.15, 0.2) is 59.5 Å². The molecule has 2 fully saturated rings. The van der Waals surface area contributed by atoms with Gasteiger partial charge in [0.05, 0.1) is 31.0 Å². The fourth-order valence-electron chi connectivity index (χ4n) is 5.46. The summed E-state index contributed by atoms with van der Waals surface area (Å²) in [5.74, 6) is -3.07. The minimum Gasteiger partial charge on any atom is -0.497 e. The fraction of sp³-hybridized carbons (Fsp3) is 0.423. The van der Waals surface area contributed by atoms with Crippen LogP contribution in [-0.2, 0) is 35.6 Å². The molecular formula is C26H31N3O7S. The molecule has 0 aliphatic carbocycles. The zero-order valence-corrected chi connectivity index (χ0v) is 22.0. The lowest BCUT2D eigenvalue weighted by molar-refractivity contribution is -0.153. The van der Waals surface area contributed by atoms with Crippen molar-refractivity contribution in [1.29, 1.82) is 0 Å². The summed E-state index contributed by atoms with van der Waals surface area (Å²) >= 11 is 0. The molecule has 2 aromatic rings. The number of sulfonamides is 1. The van der Waals surface area contributed by atoms with Crippen LogP contribution in [0.1, 0.15) is 12.5 Å². The van der Waals surface area contributed by atoms with Crippen LogP contribution in [0.4, 0.5) is 0 Å². The van der Waals surface area contributed by atoms with Crippen molar-refractivity contribution in [3.8, 4) is 5.75 Å². The molecule has 0 bridgehead atoms. The van der Waals surface area contributed by atoms with Crippen LogP contribution in [0, 0.1) is 11.8 Å². The van der Waals surface area contributed by atoms with E-state index in [1.807, 2.05) is 30.3 Å². The topological polar surface area (TPSA) is 122 Å². The number of methoxy groups -OCH3 is 2. The Morgan fingerprint density at radius 3 is 2.27 bits per heavy atom. The van der Waals surface area contributed by atoms with Gasteiger partial charge in [-0.1, -0.05) is 37.3 Å². The Labute approximate surface area is 216 Å². The van der Waals surface area contributed by atoms with Gasteiger partial charge in [0.15, 0.2) is 0 Å². The molecule has 0 aromatic heterocycles. The Hall–Kier alpha value is -3.28. The summed E-state index contributed by atoms with van der Waals surface area (Å²) in [5.41, 5.74) is -0.764. The van der Waals surface area contributed by atoms with E-state index in [9.17, 15) is 22.8 Å². The number of fused-ring (bicyclic) bond motifs is 1. The number of imide groups is 1. The number of esters is 1. The van der Waals surface area contributed by atoms with Gasteiger partial charge in [0.2, 0.25) is 21.8 Å². The molecule has 4 rings (SSSR count). The molecule has 2 saturated heterocycles. The highest BCUT2D eigenvalue weighted by molar-refractivity contribution is 7.89. The second-order valence-corrected chi connectivity index (χ2v) is 11.2. The Bertz CT molecular complexity index is 1280. The summed E-state index contributed by atoms with van der Waals surface area (Å²) < 4.78 is 38.5. The predicted octanol–water partition coefficient (Wildman–Crippen LogP) is 1.06. The first kappa shape index (κ1) is 26.8. The Kier molecular flexibility index (Phi) is 7.40. The number of amides is 2. The molecule has 2 amide bonds. The van der Waals surface area contributed by atoms with E-state index in [1.165, 1.54) is 37.7 Å². The molecule has 2 aliphatic rings. The maximum Gasteiger partial charge on any atom is 0.327 e. The maximum absolute atomic E-state index is 13.5. The number of likely N-dealkylation sites (N-methyl/N-ethyl adjacent to an activating group) is 1. The van der Waals surface area contributed by atoms with Gasteiger partial charge in [-0.3, -0.25) is 24.6 Å². The Morgan fingerprint density at radius 1 is 1.05 bits per heavy atom. The summed E-state index contributed by atoms with van der Waals surface area (Å²) in [4.78, 5) is 41.0. The van der Waals surface area contributed by atoms with Crippen LogP contribution in [0.3, 0.4) is 0 Å². The first-order valence-corrected chi connectivity index (χ1v) is 13.4. The van der Waals surface area contributed by atoms with Gasteiger partial charge in [-0.05, 0) is 29.8 Å². The first-order valence-electron chi connectivity index (χ1n) is 12.0. The zero-order chi connectivity index (χ0) is 27.0. The monoisotopic (exact) mass is 529 g/mol. The van der Waals surface area contributed by atoms with Gasteiger partial charge in [-0.15, -0.1) is 0 Å². The third kappa shape index (κ3) is 4.51. The number of nitrogens with zero attached hydrogens (tertiary/aromatic N) is 2. The molecule has 37 heavy (non-hydrogen) atoms. The highest BCUT2D eigenvalue weighted by atomic mass is 32.2. The van der Waals surface area contributed by atoms with Crippen LogP contribution in [0.25, 0.3) is 0 Å². The molecular weight excluding hydrogens is 498 g/mol. The fourth-order valence-corrected chi connectivity index (χ4v) is 6.94. The van der Waals surface area contributed by atoms with Crippen molar-refractivity contribution in [1.82, 2.24) is 14.5 Å². The highest BCUT2D eigenvalue weighted by Crippen LogP contribution is 2.45. The number of rotatable bonds is 9. The molecule has 2 heterocycles. The molecule has 0 unspecified atom stereocenters. The zero-order valence-electron chi connectivity index (χ0n) is 21.2. The molecule has 2 aliphatic heterocycles. The van der Waals surface area contributed by atoms with Gasteiger partial charge >= 0.3 is 5.97 Å². The van der Waals surface area contributed by atoms with Gasteiger partial charge < -0.3 is 9.47 Å². The van der Waals surface area contributed by atoms with E-state index in [0.717, 1.165) is 10.5 Å². The lowest BCUT2D eigenvalue weighted by atomic mass is 9.76. The van der Waals surface area contributed by atoms with E-state index in [1.54, 1.807) is 19.1 Å². The minimum absolute atomic E-state index is 0.0687. The maximum atomic E-state index is 13.5. The molecule has 0 spiro atoms. The van der Waals surface area contributed by atoms with Gasteiger partial charge in [-0.25, -0.2) is 8.42 Å². The third-order valence-electron chi connectivity index (χ3n) is 7.30. The number of hydrogen-bond acceptors (Lipinski definition) is 8.